The Balaban J connectivity index is 0.000000469. The van der Waals surface area contributed by atoms with Crippen molar-refractivity contribution in [3.8, 4) is 0 Å². The summed E-state index contributed by atoms with van der Waals surface area (Å²) in [4.78, 5) is 33.4. The molecule has 2 aromatic rings. The van der Waals surface area contributed by atoms with E-state index in [-0.39, 0.29) is 10.6 Å². The smallest absolute Gasteiger partial charge is 0.414 e. The predicted molar refractivity (Wildman–Crippen MR) is 110 cm³/mol. The largest absolute Gasteiger partial charge is 0.473 e. The van der Waals surface area contributed by atoms with Gasteiger partial charge in [-0.25, -0.2) is 9.59 Å². The molecule has 0 spiro atoms. The number of carboxylic acids is 2. The van der Waals surface area contributed by atoms with Gasteiger partial charge in [0.2, 0.25) is 0 Å². The molecule has 30 heavy (non-hydrogen) atoms. The number of aryl methyl sites for hydroxylation is 1. The first-order valence-electron chi connectivity index (χ1n) is 9.44. The van der Waals surface area contributed by atoms with Gasteiger partial charge >= 0.3 is 11.9 Å². The molecule has 1 heterocycles. The van der Waals surface area contributed by atoms with Gasteiger partial charge in [-0.2, -0.15) is 0 Å². The highest BCUT2D eigenvalue weighted by Crippen LogP contribution is 2.15. The number of carbonyl (C=O) groups is 2. The maximum atomic E-state index is 10.7. The zero-order chi connectivity index (χ0) is 22.1. The van der Waals surface area contributed by atoms with Crippen LogP contribution in [0.25, 0.3) is 0 Å². The lowest BCUT2D eigenvalue weighted by Crippen LogP contribution is -2.45. The fourth-order valence-corrected chi connectivity index (χ4v) is 3.16. The molecular weight excluding hydrogens is 390 g/mol. The van der Waals surface area contributed by atoms with Gasteiger partial charge in [0.25, 0.3) is 5.69 Å². The van der Waals surface area contributed by atoms with Crippen LogP contribution in [0, 0.1) is 17.0 Å². The van der Waals surface area contributed by atoms with Crippen molar-refractivity contribution < 1.29 is 24.7 Å². The molecule has 0 unspecified atom stereocenters. The first-order valence-corrected chi connectivity index (χ1v) is 9.44. The molecule has 0 radical (unpaired) electrons. The second-order valence-corrected chi connectivity index (χ2v) is 7.08. The van der Waals surface area contributed by atoms with Crippen LogP contribution >= 0.6 is 0 Å². The Labute approximate surface area is 174 Å². The molecule has 1 aliphatic heterocycles. The number of nitro benzene ring substituents is 1. The fourth-order valence-electron chi connectivity index (χ4n) is 3.16. The molecule has 0 aromatic heterocycles. The van der Waals surface area contributed by atoms with E-state index in [2.05, 4.69) is 41.0 Å². The third-order valence-electron chi connectivity index (χ3n) is 4.69. The van der Waals surface area contributed by atoms with Crippen LogP contribution in [0.5, 0.6) is 0 Å². The van der Waals surface area contributed by atoms with E-state index < -0.39 is 11.9 Å². The van der Waals surface area contributed by atoms with Crippen molar-refractivity contribution in [2.75, 3.05) is 26.2 Å². The molecule has 9 nitrogen and oxygen atoms in total. The Hall–Kier alpha value is -3.30. The van der Waals surface area contributed by atoms with Crippen LogP contribution in [0.1, 0.15) is 16.7 Å². The quantitative estimate of drug-likeness (QED) is 0.433. The number of nitrogens with zero attached hydrogens (tertiary/aromatic N) is 3. The lowest BCUT2D eigenvalue weighted by molar-refractivity contribution is -0.384. The summed E-state index contributed by atoms with van der Waals surface area (Å²) in [6, 6.07) is 15.6. The Morgan fingerprint density at radius 3 is 1.83 bits per heavy atom. The number of non-ortho nitro benzene ring substituents is 1. The van der Waals surface area contributed by atoms with Crippen molar-refractivity contribution in [3.63, 3.8) is 0 Å². The Morgan fingerprint density at radius 2 is 1.40 bits per heavy atom. The summed E-state index contributed by atoms with van der Waals surface area (Å²) in [5.41, 5.74) is 3.97. The Kier molecular flexibility index (Phi) is 8.45. The second kappa shape index (κ2) is 11.0. The lowest BCUT2D eigenvalue weighted by atomic mass is 10.1. The summed E-state index contributed by atoms with van der Waals surface area (Å²) >= 11 is 0. The van der Waals surface area contributed by atoms with Crippen LogP contribution in [0.4, 0.5) is 5.69 Å². The average Bonchev–Trinajstić information content (AvgIpc) is 2.70. The van der Waals surface area contributed by atoms with E-state index in [1.54, 1.807) is 12.1 Å². The molecular formula is C21H25N3O6. The zero-order valence-electron chi connectivity index (χ0n) is 16.7. The van der Waals surface area contributed by atoms with E-state index in [0.717, 1.165) is 44.8 Å². The van der Waals surface area contributed by atoms with Crippen molar-refractivity contribution in [3.05, 3.63) is 75.3 Å². The summed E-state index contributed by atoms with van der Waals surface area (Å²) in [6.45, 7) is 8.17. The minimum atomic E-state index is -1.82. The number of rotatable bonds is 5. The number of benzene rings is 2. The maximum Gasteiger partial charge on any atom is 0.414 e. The van der Waals surface area contributed by atoms with E-state index in [1.807, 2.05) is 12.1 Å². The molecule has 0 atom stereocenters. The molecule has 160 valence electrons. The van der Waals surface area contributed by atoms with Gasteiger partial charge in [0.15, 0.2) is 0 Å². The van der Waals surface area contributed by atoms with Gasteiger partial charge in [-0.1, -0.05) is 42.0 Å². The van der Waals surface area contributed by atoms with Crippen molar-refractivity contribution in [1.82, 2.24) is 9.80 Å². The molecule has 2 N–H and O–H groups in total. The van der Waals surface area contributed by atoms with Gasteiger partial charge in [-0.05, 0) is 18.1 Å². The van der Waals surface area contributed by atoms with Crippen molar-refractivity contribution in [2.45, 2.75) is 20.0 Å². The van der Waals surface area contributed by atoms with Gasteiger partial charge in [0, 0.05) is 51.4 Å². The van der Waals surface area contributed by atoms with Crippen LogP contribution in [0.3, 0.4) is 0 Å². The van der Waals surface area contributed by atoms with Crippen molar-refractivity contribution in [2.24, 2.45) is 0 Å². The summed E-state index contributed by atoms with van der Waals surface area (Å²) in [5, 5.41) is 25.5. The molecule has 0 aliphatic carbocycles. The molecule has 2 aromatic carbocycles. The van der Waals surface area contributed by atoms with Crippen LogP contribution in [0.2, 0.25) is 0 Å². The monoisotopic (exact) mass is 415 g/mol. The number of nitro groups is 1. The highest BCUT2D eigenvalue weighted by Gasteiger charge is 2.17. The predicted octanol–water partition coefficient (Wildman–Crippen LogP) is 2.38. The topological polar surface area (TPSA) is 124 Å². The minimum Gasteiger partial charge on any atom is -0.473 e. The molecule has 1 fully saturated rings. The Morgan fingerprint density at radius 1 is 0.900 bits per heavy atom. The number of hydrogen-bond donors (Lipinski definition) is 2. The lowest BCUT2D eigenvalue weighted by Gasteiger charge is -2.34. The zero-order valence-corrected chi connectivity index (χ0v) is 16.7. The molecule has 3 rings (SSSR count). The first-order chi connectivity index (χ1) is 14.2. The standard InChI is InChI=1S/C19H23N3O2.C2H2O4/c1-16-3-2-4-18(13-16)15-21-11-9-20(10-12-21)14-17-5-7-19(8-6-17)22(23)24;3-1(4)2(5)6/h2-8,13H,9-12,14-15H2,1H3;(H,3,4)(H,5,6). The molecule has 1 aliphatic rings. The summed E-state index contributed by atoms with van der Waals surface area (Å²) < 4.78 is 0. The van der Waals surface area contributed by atoms with Gasteiger partial charge < -0.3 is 10.2 Å². The third kappa shape index (κ3) is 7.61. The van der Waals surface area contributed by atoms with E-state index >= 15 is 0 Å². The molecule has 9 heteroatoms. The van der Waals surface area contributed by atoms with Crippen LogP contribution in [-0.2, 0) is 22.7 Å². The average molecular weight is 415 g/mol. The van der Waals surface area contributed by atoms with Crippen molar-refractivity contribution in [1.29, 1.82) is 0 Å². The number of piperazine rings is 1. The molecule has 0 bridgehead atoms. The summed E-state index contributed by atoms with van der Waals surface area (Å²) in [5.74, 6) is -3.65. The normalized spacial score (nSPS) is 14.4. The van der Waals surface area contributed by atoms with Gasteiger partial charge in [0.1, 0.15) is 0 Å². The van der Waals surface area contributed by atoms with E-state index in [9.17, 15) is 10.1 Å². The van der Waals surface area contributed by atoms with E-state index in [1.165, 1.54) is 11.1 Å². The van der Waals surface area contributed by atoms with Crippen LogP contribution in [-0.4, -0.2) is 63.1 Å². The van der Waals surface area contributed by atoms with E-state index in [4.69, 9.17) is 19.8 Å². The van der Waals surface area contributed by atoms with Crippen molar-refractivity contribution >= 4 is 17.6 Å². The number of hydrogen-bond acceptors (Lipinski definition) is 6. The first kappa shape index (κ1) is 23.0. The molecule has 0 saturated carbocycles. The second-order valence-electron chi connectivity index (χ2n) is 7.08. The van der Waals surface area contributed by atoms with Crippen LogP contribution in [0.15, 0.2) is 48.5 Å². The fraction of sp³-hybridized carbons (Fsp3) is 0.333. The highest BCUT2D eigenvalue weighted by molar-refractivity contribution is 6.27. The summed E-state index contributed by atoms with van der Waals surface area (Å²) in [6.07, 6.45) is 0. The van der Waals surface area contributed by atoms with Gasteiger partial charge in [-0.3, -0.25) is 19.9 Å². The minimum absolute atomic E-state index is 0.154. The third-order valence-corrected chi connectivity index (χ3v) is 4.69. The SMILES string of the molecule is Cc1cccc(CN2CCN(Cc3ccc([N+](=O)[O-])cc3)CC2)c1.O=C(O)C(=O)O. The van der Waals surface area contributed by atoms with E-state index in [0.29, 0.717) is 0 Å². The van der Waals surface area contributed by atoms with Crippen LogP contribution < -0.4 is 0 Å². The molecule has 0 amide bonds. The summed E-state index contributed by atoms with van der Waals surface area (Å²) in [7, 11) is 0. The number of aliphatic carboxylic acids is 2. The van der Waals surface area contributed by atoms with Gasteiger partial charge in [0.05, 0.1) is 4.92 Å². The molecule has 1 saturated heterocycles. The number of carboxylic acid groups (broad SMARTS) is 2. The van der Waals surface area contributed by atoms with Gasteiger partial charge in [-0.15, -0.1) is 0 Å². The highest BCUT2D eigenvalue weighted by atomic mass is 16.6. The maximum absolute atomic E-state index is 10.7. The Bertz CT molecular complexity index is 865.